The predicted octanol–water partition coefficient (Wildman–Crippen LogP) is 2.53. The van der Waals surface area contributed by atoms with Crippen molar-refractivity contribution in [2.24, 2.45) is 5.41 Å². The fraction of sp³-hybridized carbons (Fsp3) is 0.407. The molecule has 0 spiro atoms. The zero-order valence-corrected chi connectivity index (χ0v) is 22.9. The van der Waals surface area contributed by atoms with Crippen LogP contribution < -0.4 is 10.6 Å². The molecule has 13 heteroatoms. The van der Waals surface area contributed by atoms with E-state index >= 15 is 0 Å². The fourth-order valence-corrected chi connectivity index (χ4v) is 3.28. The number of furan rings is 1. The molecule has 0 aliphatic carbocycles. The highest BCUT2D eigenvalue weighted by molar-refractivity contribution is 5.95. The Hall–Kier alpha value is -4.86. The summed E-state index contributed by atoms with van der Waals surface area (Å²) in [6.45, 7) is 8.88. The van der Waals surface area contributed by atoms with Gasteiger partial charge in [0.05, 0.1) is 24.3 Å². The fourth-order valence-electron chi connectivity index (χ4n) is 3.28. The number of ether oxygens (including phenoxy) is 2. The monoisotopic (exact) mass is 553 g/mol. The van der Waals surface area contributed by atoms with E-state index in [1.807, 2.05) is 0 Å². The van der Waals surface area contributed by atoms with Crippen LogP contribution in [0.1, 0.15) is 63.6 Å². The van der Waals surface area contributed by atoms with E-state index in [2.05, 4.69) is 32.6 Å². The second-order valence-corrected chi connectivity index (χ2v) is 9.58. The topological polar surface area (TPSA) is 175 Å². The van der Waals surface area contributed by atoms with Gasteiger partial charge in [0.1, 0.15) is 24.5 Å². The number of nitrogens with zero attached hydrogens (tertiary/aromatic N) is 3. The molecule has 3 heterocycles. The number of fused-ring (bicyclic) bond motifs is 1. The summed E-state index contributed by atoms with van der Waals surface area (Å²) in [6.07, 6.45) is 2.39. The standard InChI is InChI=1S/C27H31N5O8/c1-6-38-21(33)9-8-18(25(36)39-7-2)29-23(34)19-12-16(14-40-19)10-11-32-15-28-22-17(24(32)35)13-20(30-22)31-26(37)27(3,4)5/h12-15,18,35H,6-9H2,1-5H3,(H,29,34)(H,31,37)/t18-/m0/s1. The molecule has 2 aliphatic rings. The smallest absolute Gasteiger partial charge is 0.328 e. The van der Waals surface area contributed by atoms with Crippen LogP contribution in [0.5, 0.6) is 5.88 Å². The van der Waals surface area contributed by atoms with E-state index in [1.54, 1.807) is 34.6 Å². The Morgan fingerprint density at radius 2 is 1.88 bits per heavy atom. The van der Waals surface area contributed by atoms with Crippen LogP contribution in [0.15, 0.2) is 29.1 Å². The van der Waals surface area contributed by atoms with Crippen molar-refractivity contribution < 1.29 is 38.2 Å². The molecule has 1 aromatic heterocycles. The number of aromatic hydroxyl groups is 1. The summed E-state index contributed by atoms with van der Waals surface area (Å²) in [5, 5.41) is 15.8. The Balaban J connectivity index is 1.72. The van der Waals surface area contributed by atoms with Gasteiger partial charge in [0.15, 0.2) is 11.6 Å². The van der Waals surface area contributed by atoms with Crippen molar-refractivity contribution in [3.05, 3.63) is 36.0 Å². The van der Waals surface area contributed by atoms with Gasteiger partial charge in [-0.25, -0.2) is 19.3 Å². The number of hydrogen-bond acceptors (Lipinski definition) is 10. The van der Waals surface area contributed by atoms with Crippen molar-refractivity contribution in [2.75, 3.05) is 18.5 Å². The quantitative estimate of drug-likeness (QED) is 0.264. The normalized spacial score (nSPS) is 11.7. The maximum Gasteiger partial charge on any atom is 0.328 e. The molecule has 3 rings (SSSR count). The number of aromatic nitrogens is 3. The first kappa shape index (κ1) is 29.7. The summed E-state index contributed by atoms with van der Waals surface area (Å²) in [5.41, 5.74) is -0.0504. The second kappa shape index (κ2) is 12.8. The third-order valence-electron chi connectivity index (χ3n) is 5.40. The Kier molecular flexibility index (Phi) is 9.50. The molecule has 0 unspecified atom stereocenters. The summed E-state index contributed by atoms with van der Waals surface area (Å²) in [4.78, 5) is 57.2. The van der Waals surface area contributed by atoms with Crippen molar-refractivity contribution in [3.63, 3.8) is 0 Å². The molecular weight excluding hydrogens is 522 g/mol. The number of esters is 2. The van der Waals surface area contributed by atoms with Gasteiger partial charge in [-0.2, -0.15) is 0 Å². The highest BCUT2D eigenvalue weighted by Crippen LogP contribution is 2.31. The largest absolute Gasteiger partial charge is 0.493 e. The van der Waals surface area contributed by atoms with Crippen LogP contribution in [0, 0.1) is 17.4 Å². The maximum absolute atomic E-state index is 12.7. The van der Waals surface area contributed by atoms with E-state index in [0.29, 0.717) is 5.56 Å². The van der Waals surface area contributed by atoms with E-state index < -0.39 is 29.3 Å². The summed E-state index contributed by atoms with van der Waals surface area (Å²) in [6, 6.07) is 4.44. The average molecular weight is 554 g/mol. The first-order valence-corrected chi connectivity index (χ1v) is 12.5. The van der Waals surface area contributed by atoms with Crippen molar-refractivity contribution in [1.82, 2.24) is 19.9 Å². The van der Waals surface area contributed by atoms with E-state index in [9.17, 15) is 24.3 Å². The molecule has 0 aromatic carbocycles. The Labute approximate surface area is 230 Å². The van der Waals surface area contributed by atoms with Gasteiger partial charge >= 0.3 is 11.9 Å². The van der Waals surface area contributed by atoms with E-state index in [0.717, 1.165) is 4.57 Å². The molecule has 0 saturated heterocycles. The Morgan fingerprint density at radius 3 is 2.55 bits per heavy atom. The van der Waals surface area contributed by atoms with Crippen LogP contribution in [-0.2, 0) is 23.9 Å². The van der Waals surface area contributed by atoms with Crippen molar-refractivity contribution in [3.8, 4) is 29.2 Å². The Bertz CT molecular complexity index is 1420. The molecule has 0 bridgehead atoms. The van der Waals surface area contributed by atoms with Crippen LogP contribution in [0.3, 0.4) is 0 Å². The number of hydrogen-bond donors (Lipinski definition) is 3. The first-order chi connectivity index (χ1) is 18.9. The predicted molar refractivity (Wildman–Crippen MR) is 141 cm³/mol. The molecule has 13 nitrogen and oxygen atoms in total. The molecular formula is C27H31N5O8. The van der Waals surface area contributed by atoms with Crippen LogP contribution in [-0.4, -0.2) is 62.7 Å². The molecule has 40 heavy (non-hydrogen) atoms. The third kappa shape index (κ3) is 7.59. The molecule has 212 valence electrons. The molecule has 1 aromatic rings. The van der Waals surface area contributed by atoms with Gasteiger partial charge in [-0.15, -0.1) is 0 Å². The second-order valence-electron chi connectivity index (χ2n) is 9.58. The van der Waals surface area contributed by atoms with E-state index in [-0.39, 0.29) is 60.8 Å². The third-order valence-corrected chi connectivity index (χ3v) is 5.40. The molecule has 3 N–H and O–H groups in total. The minimum Gasteiger partial charge on any atom is -0.493 e. The molecule has 0 fully saturated rings. The maximum atomic E-state index is 12.7. The number of carbonyl (C=O) groups excluding carboxylic acids is 4. The van der Waals surface area contributed by atoms with Crippen molar-refractivity contribution in [1.29, 1.82) is 0 Å². The summed E-state index contributed by atoms with van der Waals surface area (Å²) in [5.74, 6) is 0.702. The zero-order valence-electron chi connectivity index (χ0n) is 22.9. The number of rotatable bonds is 9. The van der Waals surface area contributed by atoms with E-state index in [4.69, 9.17) is 13.9 Å². The van der Waals surface area contributed by atoms with Crippen molar-refractivity contribution in [2.45, 2.75) is 53.5 Å². The van der Waals surface area contributed by atoms with Gasteiger partial charge in [-0.3, -0.25) is 14.4 Å². The molecule has 0 radical (unpaired) electrons. The van der Waals surface area contributed by atoms with Gasteiger partial charge in [0.2, 0.25) is 11.8 Å². The number of nitrogens with one attached hydrogen (secondary N) is 2. The molecule has 2 amide bonds. The van der Waals surface area contributed by atoms with Crippen LogP contribution >= 0.6 is 0 Å². The van der Waals surface area contributed by atoms with Gasteiger partial charge in [-0.1, -0.05) is 20.8 Å². The lowest BCUT2D eigenvalue weighted by molar-refractivity contribution is -0.146. The highest BCUT2D eigenvalue weighted by Gasteiger charge is 2.26. The number of amides is 2. The Morgan fingerprint density at radius 1 is 1.15 bits per heavy atom. The van der Waals surface area contributed by atoms with Gasteiger partial charge in [0.25, 0.3) is 5.91 Å². The minimum atomic E-state index is -1.09. The molecule has 0 saturated carbocycles. The van der Waals surface area contributed by atoms with Gasteiger partial charge in [-0.05, 0) is 32.3 Å². The minimum absolute atomic E-state index is 0.0135. The SMILES string of the molecule is CCOC(=O)CC[C@H](NC(=O)c1cc(C#Cn2cnc3nc(NC(=O)C(C)(C)C)cc-3c2O)co1)C(=O)OCC. The van der Waals surface area contributed by atoms with Crippen molar-refractivity contribution >= 4 is 29.6 Å². The van der Waals surface area contributed by atoms with Crippen LogP contribution in [0.4, 0.5) is 5.82 Å². The summed E-state index contributed by atoms with van der Waals surface area (Å²) in [7, 11) is 0. The van der Waals surface area contributed by atoms with E-state index in [1.165, 1.54) is 24.7 Å². The average Bonchev–Trinajstić information content (AvgIpc) is 3.53. The van der Waals surface area contributed by atoms with Gasteiger partial charge < -0.3 is 29.6 Å². The zero-order chi connectivity index (χ0) is 29.4. The first-order valence-electron chi connectivity index (χ1n) is 12.5. The van der Waals surface area contributed by atoms with Crippen LogP contribution in [0.2, 0.25) is 0 Å². The molecule has 1 atom stereocenters. The van der Waals surface area contributed by atoms with Gasteiger partial charge in [0, 0.05) is 23.9 Å². The highest BCUT2D eigenvalue weighted by atomic mass is 16.5. The number of anilines is 1. The lowest BCUT2D eigenvalue weighted by Gasteiger charge is -2.16. The van der Waals surface area contributed by atoms with Crippen LogP contribution in [0.25, 0.3) is 11.4 Å². The number of carbonyl (C=O) groups is 4. The lowest BCUT2D eigenvalue weighted by Crippen LogP contribution is -2.42. The summed E-state index contributed by atoms with van der Waals surface area (Å²) >= 11 is 0. The molecule has 2 aliphatic heterocycles. The summed E-state index contributed by atoms with van der Waals surface area (Å²) < 4.78 is 16.3. The lowest BCUT2D eigenvalue weighted by atomic mass is 9.96.